The van der Waals surface area contributed by atoms with Gasteiger partial charge in [0.05, 0.1) is 12.1 Å². The summed E-state index contributed by atoms with van der Waals surface area (Å²) in [5, 5.41) is 3.72. The molecule has 0 spiro atoms. The summed E-state index contributed by atoms with van der Waals surface area (Å²) in [7, 11) is 0. The van der Waals surface area contributed by atoms with Crippen LogP contribution in [0.5, 0.6) is 0 Å². The number of oxazole rings is 1. The van der Waals surface area contributed by atoms with E-state index in [1.165, 1.54) is 12.8 Å². The molecule has 1 saturated heterocycles. The zero-order valence-electron chi connectivity index (χ0n) is 15.6. The second-order valence-electron chi connectivity index (χ2n) is 7.49. The number of carbonyl (C=O) groups is 1. The van der Waals surface area contributed by atoms with Gasteiger partial charge in [-0.05, 0) is 71.0 Å². The fourth-order valence-corrected chi connectivity index (χ4v) is 3.40. The molecule has 0 radical (unpaired) electrons. The molecule has 0 bridgehead atoms. The Balaban J connectivity index is 1.60. The van der Waals surface area contributed by atoms with Crippen LogP contribution in [0.2, 0.25) is 5.02 Å². The summed E-state index contributed by atoms with van der Waals surface area (Å²) in [5.74, 6) is 1.15. The van der Waals surface area contributed by atoms with Crippen LogP contribution in [-0.4, -0.2) is 41.0 Å². The highest BCUT2D eigenvalue weighted by atomic mass is 35.5. The van der Waals surface area contributed by atoms with Crippen LogP contribution in [0, 0.1) is 6.92 Å². The van der Waals surface area contributed by atoms with Gasteiger partial charge in [-0.15, -0.1) is 0 Å². The number of rotatable bonds is 6. The number of nitrogens with one attached hydrogen (secondary N) is 1. The zero-order valence-corrected chi connectivity index (χ0v) is 16.4. The van der Waals surface area contributed by atoms with Crippen LogP contribution in [0.3, 0.4) is 0 Å². The molecule has 2 heterocycles. The number of likely N-dealkylation sites (tertiary alicyclic amines) is 1. The molecular formula is C20H26ClN3O2. The van der Waals surface area contributed by atoms with E-state index in [-0.39, 0.29) is 17.9 Å². The van der Waals surface area contributed by atoms with Crippen LogP contribution in [0.25, 0.3) is 11.5 Å². The molecule has 0 unspecified atom stereocenters. The first kappa shape index (κ1) is 18.9. The molecule has 1 fully saturated rings. The molecule has 3 rings (SSSR count). The van der Waals surface area contributed by atoms with Crippen LogP contribution >= 0.6 is 11.6 Å². The maximum atomic E-state index is 12.4. The Hall–Kier alpha value is -1.85. The first-order chi connectivity index (χ1) is 12.3. The van der Waals surface area contributed by atoms with E-state index in [4.69, 9.17) is 16.0 Å². The molecule has 26 heavy (non-hydrogen) atoms. The van der Waals surface area contributed by atoms with Gasteiger partial charge in [0.2, 0.25) is 11.8 Å². The maximum Gasteiger partial charge on any atom is 0.226 e. The zero-order chi connectivity index (χ0) is 18.7. The van der Waals surface area contributed by atoms with Crippen molar-refractivity contribution in [3.63, 3.8) is 0 Å². The Morgan fingerprint density at radius 1 is 1.27 bits per heavy atom. The van der Waals surface area contributed by atoms with Gasteiger partial charge in [0.25, 0.3) is 0 Å². The monoisotopic (exact) mass is 375 g/mol. The number of aromatic nitrogens is 1. The van der Waals surface area contributed by atoms with Crippen molar-refractivity contribution in [1.29, 1.82) is 0 Å². The van der Waals surface area contributed by atoms with Crippen molar-refractivity contribution in [2.75, 3.05) is 19.6 Å². The second kappa shape index (κ2) is 7.80. The minimum absolute atomic E-state index is 0.0283. The molecule has 5 nitrogen and oxygen atoms in total. The van der Waals surface area contributed by atoms with E-state index >= 15 is 0 Å². The SMILES string of the molecule is Cc1oc(-c2ccc(Cl)cc2)nc1CC(=O)NCC(C)(C)N1CCCC1. The number of amides is 1. The third-order valence-electron chi connectivity index (χ3n) is 4.99. The minimum Gasteiger partial charge on any atom is -0.441 e. The number of carbonyl (C=O) groups excluding carboxylic acids is 1. The van der Waals surface area contributed by atoms with E-state index in [0.29, 0.717) is 28.9 Å². The molecule has 2 aromatic rings. The van der Waals surface area contributed by atoms with E-state index in [1.54, 1.807) is 12.1 Å². The summed E-state index contributed by atoms with van der Waals surface area (Å²) >= 11 is 5.92. The lowest BCUT2D eigenvalue weighted by atomic mass is 10.0. The lowest BCUT2D eigenvalue weighted by molar-refractivity contribution is -0.121. The lowest BCUT2D eigenvalue weighted by Gasteiger charge is -2.35. The van der Waals surface area contributed by atoms with E-state index in [0.717, 1.165) is 18.7 Å². The molecule has 1 aliphatic heterocycles. The Morgan fingerprint density at radius 2 is 1.92 bits per heavy atom. The van der Waals surface area contributed by atoms with Crippen molar-refractivity contribution >= 4 is 17.5 Å². The third kappa shape index (κ3) is 4.46. The molecular weight excluding hydrogens is 350 g/mol. The van der Waals surface area contributed by atoms with Crippen LogP contribution in [0.4, 0.5) is 0 Å². The molecule has 140 valence electrons. The smallest absolute Gasteiger partial charge is 0.226 e. The van der Waals surface area contributed by atoms with E-state index in [1.807, 2.05) is 19.1 Å². The Morgan fingerprint density at radius 3 is 2.58 bits per heavy atom. The number of aryl methyl sites for hydroxylation is 1. The summed E-state index contributed by atoms with van der Waals surface area (Å²) in [6.45, 7) is 9.04. The van der Waals surface area contributed by atoms with Gasteiger partial charge >= 0.3 is 0 Å². The van der Waals surface area contributed by atoms with Gasteiger partial charge in [-0.25, -0.2) is 4.98 Å². The van der Waals surface area contributed by atoms with E-state index in [9.17, 15) is 4.79 Å². The van der Waals surface area contributed by atoms with Crippen LogP contribution in [-0.2, 0) is 11.2 Å². The first-order valence-corrected chi connectivity index (χ1v) is 9.47. The van der Waals surface area contributed by atoms with Crippen molar-refractivity contribution in [3.05, 3.63) is 40.7 Å². The van der Waals surface area contributed by atoms with Crippen LogP contribution in [0.15, 0.2) is 28.7 Å². The molecule has 0 aliphatic carbocycles. The van der Waals surface area contributed by atoms with Gasteiger partial charge < -0.3 is 9.73 Å². The van der Waals surface area contributed by atoms with Gasteiger partial charge in [0, 0.05) is 22.7 Å². The lowest BCUT2D eigenvalue weighted by Crippen LogP contribution is -2.50. The predicted octanol–water partition coefficient (Wildman–Crippen LogP) is 3.84. The highest BCUT2D eigenvalue weighted by molar-refractivity contribution is 6.30. The largest absolute Gasteiger partial charge is 0.441 e. The summed E-state index contributed by atoms with van der Waals surface area (Å²) in [6, 6.07) is 7.30. The summed E-state index contributed by atoms with van der Waals surface area (Å²) in [5.41, 5.74) is 1.49. The average Bonchev–Trinajstić information content (AvgIpc) is 3.25. The minimum atomic E-state index is -0.0312. The molecule has 1 amide bonds. The van der Waals surface area contributed by atoms with Crippen molar-refractivity contribution in [1.82, 2.24) is 15.2 Å². The van der Waals surface area contributed by atoms with E-state index in [2.05, 4.69) is 29.0 Å². The molecule has 1 aromatic heterocycles. The molecule has 0 atom stereocenters. The summed E-state index contributed by atoms with van der Waals surface area (Å²) in [4.78, 5) is 19.3. The van der Waals surface area contributed by atoms with Gasteiger partial charge in [-0.2, -0.15) is 0 Å². The fourth-order valence-electron chi connectivity index (χ4n) is 3.27. The molecule has 1 aliphatic rings. The number of halogens is 1. The van der Waals surface area contributed by atoms with Crippen molar-refractivity contribution in [2.45, 2.75) is 45.6 Å². The first-order valence-electron chi connectivity index (χ1n) is 9.09. The van der Waals surface area contributed by atoms with Crippen molar-refractivity contribution in [2.24, 2.45) is 0 Å². The summed E-state index contributed by atoms with van der Waals surface area (Å²) in [6.07, 6.45) is 2.70. The number of hydrogen-bond acceptors (Lipinski definition) is 4. The Kier molecular flexibility index (Phi) is 5.68. The predicted molar refractivity (Wildman–Crippen MR) is 103 cm³/mol. The fraction of sp³-hybridized carbons (Fsp3) is 0.500. The van der Waals surface area contributed by atoms with Crippen molar-refractivity contribution in [3.8, 4) is 11.5 Å². The third-order valence-corrected chi connectivity index (χ3v) is 5.24. The molecule has 1 aromatic carbocycles. The van der Waals surface area contributed by atoms with Gasteiger partial charge in [0.1, 0.15) is 5.76 Å². The molecule has 6 heteroatoms. The van der Waals surface area contributed by atoms with Gasteiger partial charge in [0.15, 0.2) is 0 Å². The standard InChI is InChI=1S/C20H26ClN3O2/c1-14-17(23-19(26-14)15-6-8-16(21)9-7-15)12-18(25)22-13-20(2,3)24-10-4-5-11-24/h6-9H,4-5,10-13H2,1-3H3,(H,22,25). The average molecular weight is 376 g/mol. The molecule has 0 saturated carbocycles. The maximum absolute atomic E-state index is 12.4. The normalized spacial score (nSPS) is 15.4. The Labute approximate surface area is 159 Å². The highest BCUT2D eigenvalue weighted by Gasteiger charge is 2.29. The van der Waals surface area contributed by atoms with Gasteiger partial charge in [-0.3, -0.25) is 9.69 Å². The quantitative estimate of drug-likeness (QED) is 0.833. The number of hydrogen-bond donors (Lipinski definition) is 1. The van der Waals surface area contributed by atoms with Crippen LogP contribution < -0.4 is 5.32 Å². The molecule has 1 N–H and O–H groups in total. The van der Waals surface area contributed by atoms with Crippen LogP contribution in [0.1, 0.15) is 38.1 Å². The highest BCUT2D eigenvalue weighted by Crippen LogP contribution is 2.24. The number of benzene rings is 1. The van der Waals surface area contributed by atoms with Gasteiger partial charge in [-0.1, -0.05) is 11.6 Å². The van der Waals surface area contributed by atoms with Crippen molar-refractivity contribution < 1.29 is 9.21 Å². The summed E-state index contributed by atoms with van der Waals surface area (Å²) < 4.78 is 5.73. The topological polar surface area (TPSA) is 58.4 Å². The van der Waals surface area contributed by atoms with E-state index < -0.39 is 0 Å². The number of nitrogens with zero attached hydrogens (tertiary/aromatic N) is 2. The Bertz CT molecular complexity index is 762. The second-order valence-corrected chi connectivity index (χ2v) is 7.93.